The van der Waals surface area contributed by atoms with E-state index in [1.807, 2.05) is 20.2 Å². The molecule has 0 aromatic carbocycles. The molecule has 56 valence electrons. The number of aliphatic hydroxyl groups is 1. The second-order valence-electron chi connectivity index (χ2n) is 2.46. The van der Waals surface area contributed by atoms with Crippen LogP contribution in [0.2, 0.25) is 0 Å². The van der Waals surface area contributed by atoms with E-state index in [4.69, 9.17) is 0 Å². The minimum absolute atomic E-state index is 0.547. The molecule has 0 amide bonds. The van der Waals surface area contributed by atoms with Gasteiger partial charge in [-0.2, -0.15) is 11.8 Å². The molecule has 0 spiro atoms. The molecule has 0 aromatic rings. The molecule has 0 heterocycles. The summed E-state index contributed by atoms with van der Waals surface area (Å²) in [5.74, 6) is 0.786. The van der Waals surface area contributed by atoms with Crippen molar-refractivity contribution in [2.24, 2.45) is 0 Å². The van der Waals surface area contributed by atoms with Crippen LogP contribution in [-0.4, -0.2) is 36.3 Å². The lowest BCUT2D eigenvalue weighted by Crippen LogP contribution is -2.38. The first-order valence-corrected chi connectivity index (χ1v) is 4.38. The van der Waals surface area contributed by atoms with Crippen LogP contribution in [0.15, 0.2) is 0 Å². The van der Waals surface area contributed by atoms with Gasteiger partial charge >= 0.3 is 0 Å². The van der Waals surface area contributed by atoms with Crippen molar-refractivity contribution in [3.8, 4) is 0 Å². The SMILES string of the molecule is CNCC(C)(O)CSC. The lowest BCUT2D eigenvalue weighted by atomic mass is 10.1. The zero-order valence-electron chi connectivity index (χ0n) is 6.27. The van der Waals surface area contributed by atoms with Crippen molar-refractivity contribution in [2.45, 2.75) is 12.5 Å². The minimum Gasteiger partial charge on any atom is -0.388 e. The molecule has 1 unspecified atom stereocenters. The lowest BCUT2D eigenvalue weighted by molar-refractivity contribution is 0.0872. The third-order valence-electron chi connectivity index (χ3n) is 1.01. The summed E-state index contributed by atoms with van der Waals surface area (Å²) in [6, 6.07) is 0. The topological polar surface area (TPSA) is 32.3 Å². The average Bonchev–Trinajstić information content (AvgIpc) is 1.64. The van der Waals surface area contributed by atoms with Gasteiger partial charge in [-0.3, -0.25) is 0 Å². The van der Waals surface area contributed by atoms with Crippen LogP contribution in [0.25, 0.3) is 0 Å². The molecule has 0 aliphatic rings. The number of hydrogen-bond acceptors (Lipinski definition) is 3. The molecular weight excluding hydrogens is 134 g/mol. The average molecular weight is 149 g/mol. The van der Waals surface area contributed by atoms with Gasteiger partial charge in [0.15, 0.2) is 0 Å². The van der Waals surface area contributed by atoms with Gasteiger partial charge in [0.25, 0.3) is 0 Å². The minimum atomic E-state index is -0.547. The predicted octanol–water partition coefficient (Wildman–Crippen LogP) is 0.320. The van der Waals surface area contributed by atoms with Crippen LogP contribution in [0.5, 0.6) is 0 Å². The third-order valence-corrected chi connectivity index (χ3v) is 1.92. The molecule has 0 rings (SSSR count). The van der Waals surface area contributed by atoms with E-state index in [0.29, 0.717) is 6.54 Å². The van der Waals surface area contributed by atoms with Gasteiger partial charge in [-0.15, -0.1) is 0 Å². The summed E-state index contributed by atoms with van der Waals surface area (Å²) in [7, 11) is 1.84. The molecule has 0 aliphatic carbocycles. The van der Waals surface area contributed by atoms with Crippen molar-refractivity contribution in [3.63, 3.8) is 0 Å². The monoisotopic (exact) mass is 149 g/mol. The molecular formula is C6H15NOS. The van der Waals surface area contributed by atoms with Crippen molar-refractivity contribution in [1.82, 2.24) is 5.32 Å². The largest absolute Gasteiger partial charge is 0.388 e. The van der Waals surface area contributed by atoms with Crippen molar-refractivity contribution in [3.05, 3.63) is 0 Å². The van der Waals surface area contributed by atoms with Crippen LogP contribution < -0.4 is 5.32 Å². The Morgan fingerprint density at radius 2 is 2.22 bits per heavy atom. The highest BCUT2D eigenvalue weighted by molar-refractivity contribution is 7.98. The first kappa shape index (κ1) is 9.27. The standard InChI is InChI=1S/C6H15NOS/c1-6(8,4-7-2)5-9-3/h7-8H,4-5H2,1-3H3. The van der Waals surface area contributed by atoms with Crippen molar-refractivity contribution >= 4 is 11.8 Å². The number of nitrogens with one attached hydrogen (secondary N) is 1. The molecule has 3 heteroatoms. The van der Waals surface area contributed by atoms with E-state index in [1.165, 1.54) is 0 Å². The lowest BCUT2D eigenvalue weighted by Gasteiger charge is -2.20. The van der Waals surface area contributed by atoms with Crippen molar-refractivity contribution in [2.75, 3.05) is 25.6 Å². The van der Waals surface area contributed by atoms with Gasteiger partial charge in [0.2, 0.25) is 0 Å². The van der Waals surface area contributed by atoms with E-state index >= 15 is 0 Å². The first-order chi connectivity index (χ1) is 4.12. The molecule has 2 N–H and O–H groups in total. The Morgan fingerprint density at radius 3 is 2.56 bits per heavy atom. The highest BCUT2D eigenvalue weighted by atomic mass is 32.2. The van der Waals surface area contributed by atoms with Crippen molar-refractivity contribution < 1.29 is 5.11 Å². The number of rotatable bonds is 4. The second kappa shape index (κ2) is 4.14. The fraction of sp³-hybridized carbons (Fsp3) is 1.00. The Morgan fingerprint density at radius 1 is 1.67 bits per heavy atom. The summed E-state index contributed by atoms with van der Waals surface area (Å²) in [4.78, 5) is 0. The zero-order valence-corrected chi connectivity index (χ0v) is 7.09. The molecule has 0 saturated heterocycles. The Balaban J connectivity index is 3.43. The van der Waals surface area contributed by atoms with Gasteiger partial charge in [-0.05, 0) is 20.2 Å². The van der Waals surface area contributed by atoms with E-state index < -0.39 is 5.60 Å². The van der Waals surface area contributed by atoms with Crippen LogP contribution in [0.4, 0.5) is 0 Å². The number of hydrogen-bond donors (Lipinski definition) is 2. The second-order valence-corrected chi connectivity index (χ2v) is 3.33. The molecule has 0 bridgehead atoms. The molecule has 0 fully saturated rings. The van der Waals surface area contributed by atoms with E-state index in [2.05, 4.69) is 5.32 Å². The molecule has 2 nitrogen and oxygen atoms in total. The summed E-state index contributed by atoms with van der Waals surface area (Å²) in [6.07, 6.45) is 1.99. The fourth-order valence-electron chi connectivity index (χ4n) is 0.743. The van der Waals surface area contributed by atoms with Crippen molar-refractivity contribution in [1.29, 1.82) is 0 Å². The molecule has 0 radical (unpaired) electrons. The number of thioether (sulfide) groups is 1. The Bertz CT molecular complexity index is 67.5. The molecule has 1 atom stereocenters. The maximum atomic E-state index is 9.43. The van der Waals surface area contributed by atoms with Gasteiger partial charge in [0.05, 0.1) is 5.60 Å². The van der Waals surface area contributed by atoms with Crippen LogP contribution >= 0.6 is 11.8 Å². The normalized spacial score (nSPS) is 17.3. The molecule has 0 aromatic heterocycles. The molecule has 9 heavy (non-hydrogen) atoms. The van der Waals surface area contributed by atoms with Gasteiger partial charge in [0, 0.05) is 12.3 Å². The predicted molar refractivity (Wildman–Crippen MR) is 42.9 cm³/mol. The van der Waals surface area contributed by atoms with Crippen LogP contribution in [0.1, 0.15) is 6.92 Å². The summed E-state index contributed by atoms with van der Waals surface area (Å²) in [6.45, 7) is 2.49. The van der Waals surface area contributed by atoms with E-state index in [1.54, 1.807) is 11.8 Å². The summed E-state index contributed by atoms with van der Waals surface area (Å²) >= 11 is 1.66. The Kier molecular flexibility index (Phi) is 4.27. The third kappa shape index (κ3) is 4.75. The first-order valence-electron chi connectivity index (χ1n) is 2.98. The maximum Gasteiger partial charge on any atom is 0.0833 e. The highest BCUT2D eigenvalue weighted by Crippen LogP contribution is 2.08. The maximum absolute atomic E-state index is 9.43. The van der Waals surface area contributed by atoms with Gasteiger partial charge in [-0.25, -0.2) is 0 Å². The summed E-state index contributed by atoms with van der Waals surface area (Å²) in [5, 5.41) is 12.4. The Hall–Kier alpha value is 0.270. The summed E-state index contributed by atoms with van der Waals surface area (Å²) in [5.41, 5.74) is -0.547. The van der Waals surface area contributed by atoms with E-state index in [0.717, 1.165) is 5.75 Å². The summed E-state index contributed by atoms with van der Waals surface area (Å²) < 4.78 is 0. The zero-order chi connectivity index (χ0) is 7.33. The van der Waals surface area contributed by atoms with E-state index in [-0.39, 0.29) is 0 Å². The van der Waals surface area contributed by atoms with E-state index in [9.17, 15) is 5.11 Å². The van der Waals surface area contributed by atoms with Crippen LogP contribution in [-0.2, 0) is 0 Å². The number of likely N-dealkylation sites (N-methyl/N-ethyl adjacent to an activating group) is 1. The van der Waals surface area contributed by atoms with Crippen LogP contribution in [0, 0.1) is 0 Å². The quantitative estimate of drug-likeness (QED) is 0.604. The molecule has 0 aliphatic heterocycles. The fourth-order valence-corrected chi connectivity index (χ4v) is 1.47. The van der Waals surface area contributed by atoms with Gasteiger partial charge < -0.3 is 10.4 Å². The molecule has 0 saturated carbocycles. The smallest absolute Gasteiger partial charge is 0.0833 e. The van der Waals surface area contributed by atoms with Crippen LogP contribution in [0.3, 0.4) is 0 Å². The Labute approximate surface area is 61.0 Å². The van der Waals surface area contributed by atoms with Gasteiger partial charge in [0.1, 0.15) is 0 Å². The van der Waals surface area contributed by atoms with Gasteiger partial charge in [-0.1, -0.05) is 0 Å². The highest BCUT2D eigenvalue weighted by Gasteiger charge is 2.17.